The second-order valence-electron chi connectivity index (χ2n) is 9.73. The molecule has 1 unspecified atom stereocenters. The maximum atomic E-state index is 15.1. The van der Waals surface area contributed by atoms with Gasteiger partial charge in [0.25, 0.3) is 11.8 Å². The molecule has 7 nitrogen and oxygen atoms in total. The number of halogens is 3. The number of carbonyl (C=O) groups excluding carboxylic acids is 4. The van der Waals surface area contributed by atoms with E-state index in [-0.39, 0.29) is 36.2 Å². The number of hydrogen-bond acceptors (Lipinski definition) is 4. The molecule has 0 radical (unpaired) electrons. The molecule has 2 aromatic carbocycles. The van der Waals surface area contributed by atoms with Crippen LogP contribution in [0.1, 0.15) is 39.9 Å². The molecule has 2 aliphatic rings. The van der Waals surface area contributed by atoms with Crippen molar-refractivity contribution in [2.45, 2.75) is 36.7 Å². The Morgan fingerprint density at radius 1 is 1.14 bits per heavy atom. The Hall–Kier alpha value is -3.07. The smallest absolute Gasteiger partial charge is 0.348 e. The van der Waals surface area contributed by atoms with Gasteiger partial charge in [0.05, 0.1) is 0 Å². The lowest BCUT2D eigenvalue weighted by Crippen LogP contribution is -2.55. The fourth-order valence-electron chi connectivity index (χ4n) is 4.81. The maximum absolute atomic E-state index is 15.1. The minimum Gasteiger partial charge on any atom is -0.393 e. The van der Waals surface area contributed by atoms with Gasteiger partial charge in [-0.25, -0.2) is 0 Å². The zero-order chi connectivity index (χ0) is 26.6. The molecule has 14 heteroatoms. The Labute approximate surface area is 215 Å². The first-order valence-electron chi connectivity index (χ1n) is 11.5. The lowest BCUT2D eigenvalue weighted by molar-refractivity contribution is -0.155. The number of fused-ring (bicyclic) bond motifs is 1. The molecule has 1 fully saturated rings. The SMILES string of the molecule is Bc1cc2c(cc1C(B)(B)N(B)C(=O)C(F)(F)c1ccc(Cl)cc1)CN(C1CCC(=O)NC1=O)C2=O. The number of nitrogens with one attached hydrogen (secondary N) is 1. The van der Waals surface area contributed by atoms with Gasteiger partial charge >= 0.3 is 5.92 Å². The van der Waals surface area contributed by atoms with E-state index < -0.39 is 34.7 Å². The van der Waals surface area contributed by atoms with Gasteiger partial charge in [0.1, 0.15) is 29.6 Å². The fourth-order valence-corrected chi connectivity index (χ4v) is 4.94. The molecule has 0 aliphatic carbocycles. The molecule has 2 aromatic rings. The quantitative estimate of drug-likeness (QED) is 0.370. The minimum atomic E-state index is -3.78. The number of rotatable bonds is 5. The van der Waals surface area contributed by atoms with Crippen molar-refractivity contribution >= 4 is 72.2 Å². The summed E-state index contributed by atoms with van der Waals surface area (Å²) in [5.74, 6) is -6.37. The summed E-state index contributed by atoms with van der Waals surface area (Å²) < 4.78 is 30.2. The van der Waals surface area contributed by atoms with Gasteiger partial charge in [-0.1, -0.05) is 41.3 Å². The minimum absolute atomic E-state index is 0.141. The van der Waals surface area contributed by atoms with E-state index in [1.807, 2.05) is 0 Å². The van der Waals surface area contributed by atoms with Gasteiger partial charge in [-0.2, -0.15) is 8.78 Å². The number of benzene rings is 2. The van der Waals surface area contributed by atoms with E-state index in [9.17, 15) is 19.2 Å². The molecule has 1 N–H and O–H groups in total. The van der Waals surface area contributed by atoms with E-state index in [2.05, 4.69) is 5.32 Å². The number of hydrogen-bond donors (Lipinski definition) is 1. The van der Waals surface area contributed by atoms with Crippen molar-refractivity contribution in [3.05, 3.63) is 63.7 Å². The van der Waals surface area contributed by atoms with Crippen LogP contribution in [0.2, 0.25) is 5.02 Å². The molecule has 2 aliphatic heterocycles. The van der Waals surface area contributed by atoms with E-state index in [1.54, 1.807) is 35.7 Å². The van der Waals surface area contributed by atoms with E-state index in [1.165, 1.54) is 25.0 Å². The molecular formula is C22H22B4ClF2N3O4. The molecule has 1 atom stereocenters. The molecular weight excluding hydrogens is 487 g/mol. The highest BCUT2D eigenvalue weighted by Gasteiger charge is 2.47. The van der Waals surface area contributed by atoms with Crippen molar-refractivity contribution < 1.29 is 28.0 Å². The summed E-state index contributed by atoms with van der Waals surface area (Å²) >= 11 is 5.80. The van der Waals surface area contributed by atoms with Crippen LogP contribution in [0.25, 0.3) is 0 Å². The van der Waals surface area contributed by atoms with Crippen molar-refractivity contribution in [1.29, 1.82) is 0 Å². The number of imide groups is 1. The lowest BCUT2D eigenvalue weighted by Gasteiger charge is -2.40. The third kappa shape index (κ3) is 4.34. The van der Waals surface area contributed by atoms with Crippen LogP contribution in [-0.4, -0.2) is 70.9 Å². The zero-order valence-electron chi connectivity index (χ0n) is 20.3. The van der Waals surface area contributed by atoms with Gasteiger partial charge in [-0.3, -0.25) is 24.5 Å². The average molecular weight is 509 g/mol. The van der Waals surface area contributed by atoms with E-state index in [0.29, 0.717) is 22.2 Å². The van der Waals surface area contributed by atoms with Gasteiger partial charge in [0.2, 0.25) is 19.8 Å². The lowest BCUT2D eigenvalue weighted by atomic mass is 9.53. The third-order valence-corrected chi connectivity index (χ3v) is 7.40. The topological polar surface area (TPSA) is 86.8 Å². The summed E-state index contributed by atoms with van der Waals surface area (Å²) in [7, 11) is 6.38. The third-order valence-electron chi connectivity index (χ3n) is 7.15. The molecule has 1 saturated heterocycles. The Balaban J connectivity index is 1.62. The number of carbonyl (C=O) groups is 4. The average Bonchev–Trinajstić information content (AvgIpc) is 3.13. The van der Waals surface area contributed by atoms with Crippen LogP contribution in [0.15, 0.2) is 36.4 Å². The number of nitrogens with zero attached hydrogens (tertiary/aromatic N) is 2. The van der Waals surface area contributed by atoms with Crippen molar-refractivity contribution in [3.8, 4) is 0 Å². The van der Waals surface area contributed by atoms with Gasteiger partial charge in [-0.15, -0.1) is 0 Å². The van der Waals surface area contributed by atoms with Crippen molar-refractivity contribution in [3.63, 3.8) is 0 Å². The van der Waals surface area contributed by atoms with Crippen LogP contribution in [0.3, 0.4) is 0 Å². The summed E-state index contributed by atoms with van der Waals surface area (Å²) in [6.45, 7) is 0.141. The summed E-state index contributed by atoms with van der Waals surface area (Å²) in [4.78, 5) is 52.3. The highest BCUT2D eigenvalue weighted by Crippen LogP contribution is 2.35. The van der Waals surface area contributed by atoms with Gasteiger partial charge < -0.3 is 9.71 Å². The summed E-state index contributed by atoms with van der Waals surface area (Å²) in [5.41, 5.74) is 1.82. The summed E-state index contributed by atoms with van der Waals surface area (Å²) in [6, 6.07) is 7.49. The molecule has 0 saturated carbocycles. The van der Waals surface area contributed by atoms with Crippen LogP contribution >= 0.6 is 11.6 Å². The number of piperidine rings is 1. The molecule has 0 spiro atoms. The normalized spacial score (nSPS) is 18.1. The fraction of sp³-hybridized carbons (Fsp3) is 0.273. The van der Waals surface area contributed by atoms with Gasteiger partial charge in [0.15, 0.2) is 0 Å². The predicted octanol–water partition coefficient (Wildman–Crippen LogP) is -2.10. The molecule has 182 valence electrons. The zero-order valence-corrected chi connectivity index (χ0v) is 21.1. The standard InChI is InChI=1S/C22H22B4ClF2N3O4/c23-15-8-13-10(9-31(19(13)35)16-5-6-17(33)30-18(16)34)7-14(15)22(24,25)32(26)20(36)21(28,29)11-1-3-12(27)4-2-11/h1-4,7-8,16H,5-6,9,23-26H2,(H,30,33,34). The largest absolute Gasteiger partial charge is 0.393 e. The molecule has 2 heterocycles. The van der Waals surface area contributed by atoms with Crippen molar-refractivity contribution in [2.24, 2.45) is 0 Å². The van der Waals surface area contributed by atoms with Crippen LogP contribution in [-0.2, 0) is 32.2 Å². The maximum Gasteiger partial charge on any atom is 0.348 e. The second-order valence-corrected chi connectivity index (χ2v) is 10.2. The summed E-state index contributed by atoms with van der Waals surface area (Å²) in [5, 5.41) is 1.39. The number of alkyl halides is 2. The Kier molecular flexibility index (Phi) is 6.58. The Morgan fingerprint density at radius 3 is 2.39 bits per heavy atom. The first-order chi connectivity index (χ1) is 16.7. The predicted molar refractivity (Wildman–Crippen MR) is 140 cm³/mol. The molecule has 36 heavy (non-hydrogen) atoms. The first-order valence-corrected chi connectivity index (χ1v) is 11.8. The highest BCUT2D eigenvalue weighted by atomic mass is 35.5. The van der Waals surface area contributed by atoms with Gasteiger partial charge in [0, 0.05) is 29.1 Å². The van der Waals surface area contributed by atoms with Crippen molar-refractivity contribution in [1.82, 2.24) is 15.0 Å². The van der Waals surface area contributed by atoms with Crippen molar-refractivity contribution in [2.75, 3.05) is 0 Å². The van der Waals surface area contributed by atoms with Gasteiger partial charge in [-0.05, 0) is 35.0 Å². The molecule has 4 rings (SSSR count). The highest BCUT2D eigenvalue weighted by molar-refractivity contribution is 6.46. The van der Waals surface area contributed by atoms with E-state index >= 15 is 8.78 Å². The van der Waals surface area contributed by atoms with Crippen LogP contribution in [0.4, 0.5) is 8.78 Å². The Morgan fingerprint density at radius 2 is 1.78 bits per heavy atom. The first kappa shape index (κ1) is 26.0. The van der Waals surface area contributed by atoms with E-state index in [4.69, 9.17) is 11.6 Å². The van der Waals surface area contributed by atoms with Crippen LogP contribution in [0.5, 0.6) is 0 Å². The Bertz CT molecular complexity index is 1290. The molecule has 0 bridgehead atoms. The molecule has 0 aromatic heterocycles. The van der Waals surface area contributed by atoms with Crippen LogP contribution in [0, 0.1) is 0 Å². The number of amides is 4. The second kappa shape index (κ2) is 9.10. The summed E-state index contributed by atoms with van der Waals surface area (Å²) in [6.07, 6.45) is 0.376. The monoisotopic (exact) mass is 509 g/mol. The van der Waals surface area contributed by atoms with Crippen LogP contribution < -0.4 is 10.8 Å². The van der Waals surface area contributed by atoms with E-state index in [0.717, 1.165) is 16.9 Å². The molecule has 4 amide bonds.